The summed E-state index contributed by atoms with van der Waals surface area (Å²) in [6.07, 6.45) is 7.31. The average Bonchev–Trinajstić information content (AvgIpc) is 1.93. The van der Waals surface area contributed by atoms with Crippen molar-refractivity contribution < 1.29 is 20.4 Å². The topological polar surface area (TPSA) is 0 Å². The molecule has 0 radical (unpaired) electrons. The predicted octanol–water partition coefficient (Wildman–Crippen LogP) is 4.02. The molecule has 0 saturated carbocycles. The van der Waals surface area contributed by atoms with Gasteiger partial charge in [0.15, 0.2) is 0 Å². The summed E-state index contributed by atoms with van der Waals surface area (Å²) >= 11 is 0. The third-order valence-corrected chi connectivity index (χ3v) is 1.21. The van der Waals surface area contributed by atoms with Gasteiger partial charge in [-0.25, -0.2) is 0 Å². The minimum absolute atomic E-state index is 0. The Balaban J connectivity index is -0.000000107. The number of unbranched alkanes of at least 4 members (excludes halogenated alkanes) is 4. The minimum atomic E-state index is 0. The second-order valence-electron chi connectivity index (χ2n) is 2.41. The number of hydrogen-bond acceptors (Lipinski definition) is 0. The van der Waals surface area contributed by atoms with Gasteiger partial charge in [0.05, 0.1) is 0 Å². The molecule has 0 aliphatic heterocycles. The van der Waals surface area contributed by atoms with E-state index in [9.17, 15) is 0 Å². The largest absolute Gasteiger partial charge is 2.00 e. The molecular weight excluding hydrogens is 227 g/mol. The van der Waals surface area contributed by atoms with Crippen molar-refractivity contribution in [3.8, 4) is 0 Å². The third kappa shape index (κ3) is 36.8. The Morgan fingerprint density at radius 2 is 1.09 bits per heavy atom. The first-order valence-corrected chi connectivity index (χ1v) is 4.41. The van der Waals surface area contributed by atoms with Crippen molar-refractivity contribution in [2.45, 2.75) is 52.4 Å². The van der Waals surface area contributed by atoms with Crippen LogP contribution in [0.4, 0.5) is 0 Å². The van der Waals surface area contributed by atoms with E-state index in [-0.39, 0.29) is 20.4 Å². The van der Waals surface area contributed by atoms with E-state index in [0.717, 1.165) is 12.8 Å². The van der Waals surface area contributed by atoms with E-state index in [1.54, 1.807) is 0 Å². The molecule has 0 aromatic carbocycles. The molecular formula is C10H22Pd. The molecule has 0 amide bonds. The average molecular weight is 249 g/mol. The van der Waals surface area contributed by atoms with Gasteiger partial charge >= 0.3 is 20.4 Å². The van der Waals surface area contributed by atoms with E-state index < -0.39 is 0 Å². The van der Waals surface area contributed by atoms with Crippen LogP contribution in [0.25, 0.3) is 0 Å². The van der Waals surface area contributed by atoms with E-state index in [4.69, 9.17) is 0 Å². The van der Waals surface area contributed by atoms with Gasteiger partial charge in [0.1, 0.15) is 0 Å². The molecule has 0 aromatic heterocycles. The van der Waals surface area contributed by atoms with Crippen LogP contribution in [0.1, 0.15) is 52.4 Å². The van der Waals surface area contributed by atoms with Gasteiger partial charge in [0.2, 0.25) is 0 Å². The molecule has 0 aliphatic carbocycles. The normalized spacial score (nSPS) is 7.64. The Hall–Kier alpha value is 0.662. The summed E-state index contributed by atoms with van der Waals surface area (Å²) in [5.41, 5.74) is 0. The molecule has 0 unspecified atom stereocenters. The molecule has 0 bridgehead atoms. The van der Waals surface area contributed by atoms with E-state index in [1.165, 1.54) is 25.7 Å². The molecule has 0 spiro atoms. The Labute approximate surface area is 86.8 Å². The molecule has 0 aromatic rings. The van der Waals surface area contributed by atoms with Crippen molar-refractivity contribution in [2.75, 3.05) is 0 Å². The van der Waals surface area contributed by atoms with Crippen LogP contribution in [0, 0.1) is 13.8 Å². The van der Waals surface area contributed by atoms with Gasteiger partial charge in [-0.3, -0.25) is 0 Å². The van der Waals surface area contributed by atoms with Crippen LogP contribution in [-0.2, 0) is 20.4 Å². The van der Waals surface area contributed by atoms with Crippen LogP contribution < -0.4 is 0 Å². The quantitative estimate of drug-likeness (QED) is 0.521. The van der Waals surface area contributed by atoms with E-state index in [2.05, 4.69) is 27.7 Å². The summed E-state index contributed by atoms with van der Waals surface area (Å²) in [5, 5.41) is 0. The number of hydrogen-bond donors (Lipinski definition) is 0. The predicted molar refractivity (Wildman–Crippen MR) is 49.8 cm³/mol. The molecule has 0 nitrogen and oxygen atoms in total. The fraction of sp³-hybridized carbons (Fsp3) is 0.800. The smallest absolute Gasteiger partial charge is 0.343 e. The zero-order valence-electron chi connectivity index (χ0n) is 7.97. The standard InChI is InChI=1S/2C5H11.Pd/c2*1-3-5-4-2;/h2*1,3-5H2,2H3;/q2*-1;+2. The van der Waals surface area contributed by atoms with Gasteiger partial charge in [0.25, 0.3) is 0 Å². The molecule has 0 rings (SSSR count). The van der Waals surface area contributed by atoms with Crippen molar-refractivity contribution in [3.05, 3.63) is 13.8 Å². The summed E-state index contributed by atoms with van der Waals surface area (Å²) in [7, 11) is 0. The van der Waals surface area contributed by atoms with Crippen molar-refractivity contribution in [1.82, 2.24) is 0 Å². The first kappa shape index (κ1) is 17.7. The zero-order chi connectivity index (χ0) is 8.24. The molecule has 0 atom stereocenters. The molecule has 0 saturated heterocycles. The summed E-state index contributed by atoms with van der Waals surface area (Å²) < 4.78 is 0. The van der Waals surface area contributed by atoms with Gasteiger partial charge < -0.3 is 13.8 Å². The molecule has 0 heterocycles. The SMILES string of the molecule is [CH2-]CCCC.[CH2-]CCCC.[Pd+2]. The summed E-state index contributed by atoms with van der Waals surface area (Å²) in [4.78, 5) is 0. The molecule has 0 aliphatic rings. The van der Waals surface area contributed by atoms with Gasteiger partial charge in [0, 0.05) is 0 Å². The van der Waals surface area contributed by atoms with Crippen molar-refractivity contribution in [1.29, 1.82) is 0 Å². The molecule has 0 N–H and O–H groups in total. The zero-order valence-corrected chi connectivity index (χ0v) is 9.53. The van der Waals surface area contributed by atoms with Gasteiger partial charge in [-0.1, -0.05) is 39.5 Å². The van der Waals surface area contributed by atoms with Crippen LogP contribution in [0.3, 0.4) is 0 Å². The van der Waals surface area contributed by atoms with Crippen LogP contribution in [0.5, 0.6) is 0 Å². The molecule has 72 valence electrons. The van der Waals surface area contributed by atoms with Crippen LogP contribution >= 0.6 is 0 Å². The van der Waals surface area contributed by atoms with Gasteiger partial charge in [-0.15, -0.1) is 0 Å². The second kappa shape index (κ2) is 22.4. The van der Waals surface area contributed by atoms with E-state index >= 15 is 0 Å². The van der Waals surface area contributed by atoms with Crippen LogP contribution in [0.15, 0.2) is 0 Å². The third-order valence-electron chi connectivity index (χ3n) is 1.21. The molecule has 1 heteroatoms. The van der Waals surface area contributed by atoms with Crippen molar-refractivity contribution >= 4 is 0 Å². The number of rotatable bonds is 4. The van der Waals surface area contributed by atoms with Crippen LogP contribution in [-0.4, -0.2) is 0 Å². The summed E-state index contributed by atoms with van der Waals surface area (Å²) in [5.74, 6) is 0. The van der Waals surface area contributed by atoms with E-state index in [0.29, 0.717) is 0 Å². The Bertz CT molecular complexity index is 25.9. The molecule has 0 fully saturated rings. The van der Waals surface area contributed by atoms with Crippen LogP contribution in [0.2, 0.25) is 0 Å². The van der Waals surface area contributed by atoms with Gasteiger partial charge in [-0.05, 0) is 0 Å². The fourth-order valence-electron chi connectivity index (χ4n) is 0.500. The van der Waals surface area contributed by atoms with E-state index in [1.807, 2.05) is 0 Å². The first-order valence-electron chi connectivity index (χ1n) is 4.41. The van der Waals surface area contributed by atoms with Gasteiger partial charge in [-0.2, -0.15) is 12.8 Å². The maximum Gasteiger partial charge on any atom is 2.00 e. The Kier molecular flexibility index (Phi) is 36.0. The minimum Gasteiger partial charge on any atom is -0.343 e. The first-order chi connectivity index (χ1) is 4.83. The maximum absolute atomic E-state index is 3.68. The Morgan fingerprint density at radius 1 is 0.818 bits per heavy atom. The summed E-state index contributed by atoms with van der Waals surface area (Å²) in [6.45, 7) is 11.7. The van der Waals surface area contributed by atoms with Crippen molar-refractivity contribution in [3.63, 3.8) is 0 Å². The fourth-order valence-corrected chi connectivity index (χ4v) is 0.500. The second-order valence-corrected chi connectivity index (χ2v) is 2.41. The Morgan fingerprint density at radius 3 is 1.09 bits per heavy atom. The summed E-state index contributed by atoms with van der Waals surface area (Å²) in [6, 6.07) is 0. The maximum atomic E-state index is 3.68. The molecule has 11 heavy (non-hydrogen) atoms. The monoisotopic (exact) mass is 248 g/mol. The van der Waals surface area contributed by atoms with Crippen molar-refractivity contribution in [2.24, 2.45) is 0 Å².